The predicted octanol–water partition coefficient (Wildman–Crippen LogP) is 0.435. The molecule has 0 atom stereocenters. The van der Waals surface area contributed by atoms with Crippen molar-refractivity contribution >= 4 is 23.4 Å². The highest BCUT2D eigenvalue weighted by atomic mass is 32.2. The van der Waals surface area contributed by atoms with E-state index in [1.54, 1.807) is 0 Å². The van der Waals surface area contributed by atoms with Crippen LogP contribution in [0.3, 0.4) is 0 Å². The van der Waals surface area contributed by atoms with Crippen LogP contribution in [0.4, 0.5) is 5.69 Å². The highest BCUT2D eigenvalue weighted by Crippen LogP contribution is 2.35. The van der Waals surface area contributed by atoms with Gasteiger partial charge in [0.25, 0.3) is 15.8 Å². The monoisotopic (exact) mass is 297 g/mol. The van der Waals surface area contributed by atoms with Gasteiger partial charge in [-0.3, -0.25) is 18.9 Å². The van der Waals surface area contributed by atoms with Gasteiger partial charge in [0.1, 0.15) is 0 Å². The molecule has 9 nitrogen and oxygen atoms in total. The van der Waals surface area contributed by atoms with Crippen LogP contribution in [-0.2, 0) is 18.9 Å². The molecule has 0 aliphatic rings. The zero-order valence-electron chi connectivity index (χ0n) is 8.66. The van der Waals surface area contributed by atoms with Crippen LogP contribution in [0.5, 0.6) is 0 Å². The van der Waals surface area contributed by atoms with Crippen LogP contribution < -0.4 is 0 Å². The molecule has 0 fully saturated rings. The predicted molar refractivity (Wildman–Crippen MR) is 58.3 cm³/mol. The minimum atomic E-state index is -4.62. The van der Waals surface area contributed by atoms with Crippen molar-refractivity contribution in [2.75, 3.05) is 6.35 Å². The Morgan fingerprint density at radius 3 is 2.17 bits per heavy atom. The second-order valence-electron chi connectivity index (χ2n) is 3.12. The highest BCUT2D eigenvalue weighted by Gasteiger charge is 2.22. The Hall–Kier alpha value is -1.32. The number of rotatable bonds is 5. The Morgan fingerprint density at radius 1 is 1.28 bits per heavy atom. The molecule has 0 saturated heterocycles. The first kappa shape index (κ1) is 14.7. The van der Waals surface area contributed by atoms with Gasteiger partial charge >= 0.3 is 7.60 Å². The molecule has 0 bridgehead atoms. The van der Waals surface area contributed by atoms with E-state index in [0.29, 0.717) is 0 Å². The number of hydrogen-bond acceptors (Lipinski definition) is 6. The molecule has 0 amide bonds. The number of hydrogen-bond donors (Lipinski definition) is 2. The fraction of sp³-hybridized carbons (Fsp3) is 0.143. The molecule has 0 saturated carbocycles. The number of nitro groups is 1. The fourth-order valence-electron chi connectivity index (χ4n) is 0.941. The molecule has 1 aromatic carbocycles. The second kappa shape index (κ2) is 5.12. The molecule has 0 radical (unpaired) electrons. The van der Waals surface area contributed by atoms with Gasteiger partial charge < -0.3 is 9.79 Å². The van der Waals surface area contributed by atoms with Gasteiger partial charge in [-0.15, -0.1) is 0 Å². The van der Waals surface area contributed by atoms with Crippen LogP contribution in [0.2, 0.25) is 0 Å². The first-order valence-corrected chi connectivity index (χ1v) is 7.51. The maximum Gasteiger partial charge on any atom is 0.352 e. The van der Waals surface area contributed by atoms with Crippen molar-refractivity contribution in [2.24, 2.45) is 0 Å². The van der Waals surface area contributed by atoms with E-state index >= 15 is 0 Å². The third-order valence-corrected chi connectivity index (χ3v) is 3.63. The molecule has 0 aliphatic heterocycles. The smallest absolute Gasteiger partial charge is 0.323 e. The zero-order valence-corrected chi connectivity index (χ0v) is 10.4. The topological polar surface area (TPSA) is 144 Å². The van der Waals surface area contributed by atoms with Gasteiger partial charge in [0.05, 0.1) is 9.82 Å². The number of nitrogens with zero attached hydrogens (tertiary/aromatic N) is 1. The van der Waals surface area contributed by atoms with Gasteiger partial charge in [0.15, 0.2) is 6.35 Å². The summed E-state index contributed by atoms with van der Waals surface area (Å²) in [6.07, 6.45) is -1.29. The van der Waals surface area contributed by atoms with E-state index in [0.717, 1.165) is 24.3 Å². The van der Waals surface area contributed by atoms with Gasteiger partial charge in [0.2, 0.25) is 0 Å². The second-order valence-corrected chi connectivity index (χ2v) is 6.32. The Bertz CT molecular complexity index is 588. The van der Waals surface area contributed by atoms with Crippen LogP contribution in [0.15, 0.2) is 29.2 Å². The maximum absolute atomic E-state index is 11.4. The lowest BCUT2D eigenvalue weighted by atomic mass is 10.3. The molecule has 1 rings (SSSR count). The first-order valence-electron chi connectivity index (χ1n) is 4.30. The van der Waals surface area contributed by atoms with Crippen LogP contribution in [0.1, 0.15) is 0 Å². The molecule has 2 N–H and O–H groups in total. The zero-order chi connectivity index (χ0) is 14.0. The van der Waals surface area contributed by atoms with Crippen molar-refractivity contribution in [3.8, 4) is 0 Å². The summed E-state index contributed by atoms with van der Waals surface area (Å²) >= 11 is 0. The summed E-state index contributed by atoms with van der Waals surface area (Å²) < 4.78 is 37.4. The number of nitro benzene ring substituents is 1. The van der Waals surface area contributed by atoms with Gasteiger partial charge in [-0.25, -0.2) is 0 Å². The largest absolute Gasteiger partial charge is 0.352 e. The molecule has 0 spiro atoms. The molecule has 11 heteroatoms. The fourth-order valence-corrected chi connectivity index (χ4v) is 2.65. The van der Waals surface area contributed by atoms with Gasteiger partial charge in [-0.2, -0.15) is 8.42 Å². The van der Waals surface area contributed by atoms with Gasteiger partial charge in [0, 0.05) is 12.1 Å². The summed E-state index contributed by atoms with van der Waals surface area (Å²) in [5.74, 6) is 0. The maximum atomic E-state index is 11.4. The summed E-state index contributed by atoms with van der Waals surface area (Å²) in [6, 6.07) is 3.70. The van der Waals surface area contributed by atoms with E-state index in [1.807, 2.05) is 0 Å². The third-order valence-electron chi connectivity index (χ3n) is 1.71. The summed E-state index contributed by atoms with van der Waals surface area (Å²) in [5, 5.41) is 10.3. The van der Waals surface area contributed by atoms with Crippen molar-refractivity contribution in [3.05, 3.63) is 34.4 Å². The van der Waals surface area contributed by atoms with Crippen LogP contribution in [0, 0.1) is 10.1 Å². The van der Waals surface area contributed by atoms with E-state index in [9.17, 15) is 23.1 Å². The Balaban J connectivity index is 2.92. The van der Waals surface area contributed by atoms with Crippen molar-refractivity contribution < 1.29 is 31.9 Å². The summed E-state index contributed by atoms with van der Waals surface area (Å²) in [4.78, 5) is 26.2. The standard InChI is InChI=1S/C7H8NO8PS/c9-8(10)6-1-3-7(4-2-6)18(14,15)16-5-17(11,12)13/h1-4H,5H2,(H2,11,12,13). The van der Waals surface area contributed by atoms with E-state index in [1.165, 1.54) is 0 Å². The molecule has 1 aromatic rings. The average Bonchev–Trinajstić information content (AvgIpc) is 2.26. The summed E-state index contributed by atoms with van der Waals surface area (Å²) in [5.41, 5.74) is -0.316. The van der Waals surface area contributed by atoms with E-state index in [2.05, 4.69) is 4.18 Å². The van der Waals surface area contributed by atoms with Gasteiger partial charge in [-0.1, -0.05) is 0 Å². The molecule has 0 heterocycles. The molecule has 0 unspecified atom stereocenters. The average molecular weight is 297 g/mol. The lowest BCUT2D eigenvalue weighted by Gasteiger charge is -2.06. The van der Waals surface area contributed by atoms with E-state index in [4.69, 9.17) is 9.79 Å². The van der Waals surface area contributed by atoms with E-state index < -0.39 is 33.9 Å². The number of non-ortho nitro benzene ring substituents is 1. The lowest BCUT2D eigenvalue weighted by Crippen LogP contribution is -2.08. The Morgan fingerprint density at radius 2 is 1.78 bits per heavy atom. The minimum absolute atomic E-state index is 0.316. The molecular formula is C7H8NO8PS. The van der Waals surface area contributed by atoms with Gasteiger partial charge in [-0.05, 0) is 12.1 Å². The molecule has 100 valence electrons. The Kier molecular flexibility index (Phi) is 4.20. The van der Waals surface area contributed by atoms with Crippen LogP contribution in [-0.4, -0.2) is 29.5 Å². The Labute approximate surface area is 101 Å². The third kappa shape index (κ3) is 4.17. The van der Waals surface area contributed by atoms with Crippen molar-refractivity contribution in [3.63, 3.8) is 0 Å². The van der Waals surface area contributed by atoms with E-state index in [-0.39, 0.29) is 5.69 Å². The molecule has 0 aromatic heterocycles. The normalized spacial score (nSPS) is 12.3. The van der Waals surface area contributed by atoms with Crippen molar-refractivity contribution in [2.45, 2.75) is 4.90 Å². The molecule has 0 aliphatic carbocycles. The molecular weight excluding hydrogens is 289 g/mol. The first-order chi connectivity index (χ1) is 8.12. The van der Waals surface area contributed by atoms with Crippen molar-refractivity contribution in [1.82, 2.24) is 0 Å². The lowest BCUT2D eigenvalue weighted by molar-refractivity contribution is -0.384. The van der Waals surface area contributed by atoms with Crippen LogP contribution >= 0.6 is 7.60 Å². The summed E-state index contributed by atoms with van der Waals surface area (Å²) in [6.45, 7) is 0. The molecule has 18 heavy (non-hydrogen) atoms. The van der Waals surface area contributed by atoms with Crippen LogP contribution in [0.25, 0.3) is 0 Å². The quantitative estimate of drug-likeness (QED) is 0.344. The summed E-state index contributed by atoms with van der Waals surface area (Å²) in [7, 11) is -8.97. The van der Waals surface area contributed by atoms with Crippen molar-refractivity contribution in [1.29, 1.82) is 0 Å². The minimum Gasteiger partial charge on any atom is -0.323 e. The SMILES string of the molecule is O=[N+]([O-])c1ccc(S(=O)(=O)OCP(=O)(O)O)cc1. The highest BCUT2D eigenvalue weighted by molar-refractivity contribution is 7.87. The number of benzene rings is 1.